The zero-order valence-electron chi connectivity index (χ0n) is 16.0. The van der Waals surface area contributed by atoms with Crippen molar-refractivity contribution in [2.45, 2.75) is 51.0 Å². The second-order valence-electron chi connectivity index (χ2n) is 7.12. The molecule has 144 valence electrons. The first kappa shape index (κ1) is 19.2. The van der Waals surface area contributed by atoms with Gasteiger partial charge in [-0.15, -0.1) is 0 Å². The number of amides is 1. The zero-order valence-corrected chi connectivity index (χ0v) is 16.0. The Balaban J connectivity index is 1.45. The Kier molecular flexibility index (Phi) is 7.08. The van der Waals surface area contributed by atoms with Gasteiger partial charge in [0.05, 0.1) is 12.7 Å². The van der Waals surface area contributed by atoms with Crippen molar-refractivity contribution in [2.24, 2.45) is 0 Å². The molecule has 1 heterocycles. The number of carbonyl (C=O) groups is 1. The molecule has 1 amide bonds. The molecular weight excluding hydrogens is 338 g/mol. The summed E-state index contributed by atoms with van der Waals surface area (Å²) < 4.78 is 5.17. The number of hydrogen-bond acceptors (Lipinski definition) is 4. The van der Waals surface area contributed by atoms with Crippen LogP contribution in [0.1, 0.15) is 54.4 Å². The van der Waals surface area contributed by atoms with E-state index in [2.05, 4.69) is 27.8 Å². The van der Waals surface area contributed by atoms with Crippen LogP contribution in [0.25, 0.3) is 0 Å². The van der Waals surface area contributed by atoms with E-state index < -0.39 is 0 Å². The molecule has 3 rings (SSSR count). The summed E-state index contributed by atoms with van der Waals surface area (Å²) in [7, 11) is 1.67. The highest BCUT2D eigenvalue weighted by Crippen LogP contribution is 2.18. The van der Waals surface area contributed by atoms with E-state index in [1.165, 1.54) is 31.2 Å². The average molecular weight is 367 g/mol. The molecule has 27 heavy (non-hydrogen) atoms. The fraction of sp³-hybridized carbons (Fsp3) is 0.455. The topological polar surface area (TPSA) is 63.2 Å². The summed E-state index contributed by atoms with van der Waals surface area (Å²) in [6.07, 6.45) is 9.71. The summed E-state index contributed by atoms with van der Waals surface area (Å²) in [4.78, 5) is 16.8. The van der Waals surface area contributed by atoms with Crippen molar-refractivity contribution < 1.29 is 9.53 Å². The highest BCUT2D eigenvalue weighted by Gasteiger charge is 2.15. The van der Waals surface area contributed by atoms with E-state index in [-0.39, 0.29) is 5.91 Å². The lowest BCUT2D eigenvalue weighted by Gasteiger charge is -2.16. The summed E-state index contributed by atoms with van der Waals surface area (Å²) in [5, 5.41) is 6.46. The van der Waals surface area contributed by atoms with Crippen LogP contribution in [0.2, 0.25) is 0 Å². The number of pyridine rings is 1. The van der Waals surface area contributed by atoms with Crippen molar-refractivity contribution in [1.29, 1.82) is 0 Å². The Morgan fingerprint density at radius 2 is 1.81 bits per heavy atom. The molecule has 1 aliphatic rings. The zero-order chi connectivity index (χ0) is 18.9. The van der Waals surface area contributed by atoms with Gasteiger partial charge in [-0.3, -0.25) is 4.79 Å². The van der Waals surface area contributed by atoms with Gasteiger partial charge in [-0.2, -0.15) is 0 Å². The number of aromatic nitrogens is 1. The fourth-order valence-electron chi connectivity index (χ4n) is 3.45. The standard InChI is InChI=1S/C22H29N3O2/c1-27-20-11-8-17(9-12-20)14-15-23-21-13-10-18(16-24-21)22(26)25-19-6-4-2-3-5-7-19/h8-13,16,19H,2-7,14-15H2,1H3,(H,23,24)(H,25,26). The van der Waals surface area contributed by atoms with E-state index in [1.54, 1.807) is 13.3 Å². The predicted molar refractivity (Wildman–Crippen MR) is 108 cm³/mol. The summed E-state index contributed by atoms with van der Waals surface area (Å²) in [5.41, 5.74) is 1.86. The molecule has 1 aliphatic carbocycles. The van der Waals surface area contributed by atoms with Gasteiger partial charge in [-0.1, -0.05) is 37.8 Å². The first-order valence-corrected chi connectivity index (χ1v) is 9.88. The Morgan fingerprint density at radius 3 is 2.44 bits per heavy atom. The number of benzene rings is 1. The van der Waals surface area contributed by atoms with Gasteiger partial charge in [-0.05, 0) is 49.1 Å². The van der Waals surface area contributed by atoms with E-state index in [0.29, 0.717) is 11.6 Å². The maximum Gasteiger partial charge on any atom is 0.253 e. The SMILES string of the molecule is COc1ccc(CCNc2ccc(C(=O)NC3CCCCCC3)cn2)cc1. The minimum absolute atomic E-state index is 0.0146. The molecule has 0 unspecified atom stereocenters. The molecule has 0 saturated heterocycles. The number of hydrogen-bond donors (Lipinski definition) is 2. The molecule has 1 aromatic carbocycles. The van der Waals surface area contributed by atoms with Crippen LogP contribution in [0.5, 0.6) is 5.75 Å². The van der Waals surface area contributed by atoms with Crippen LogP contribution in [0, 0.1) is 0 Å². The third-order valence-corrected chi connectivity index (χ3v) is 5.09. The van der Waals surface area contributed by atoms with E-state index in [0.717, 1.165) is 37.4 Å². The molecule has 0 spiro atoms. The van der Waals surface area contributed by atoms with Crippen LogP contribution >= 0.6 is 0 Å². The van der Waals surface area contributed by atoms with Gasteiger partial charge in [0.2, 0.25) is 0 Å². The van der Waals surface area contributed by atoms with Crippen LogP contribution in [-0.4, -0.2) is 30.6 Å². The van der Waals surface area contributed by atoms with Crippen LogP contribution in [0.15, 0.2) is 42.6 Å². The highest BCUT2D eigenvalue weighted by molar-refractivity contribution is 5.94. The number of nitrogens with zero attached hydrogens (tertiary/aromatic N) is 1. The number of methoxy groups -OCH3 is 1. The monoisotopic (exact) mass is 367 g/mol. The predicted octanol–water partition coefficient (Wildman–Crippen LogP) is 4.20. The van der Waals surface area contributed by atoms with Crippen molar-refractivity contribution in [2.75, 3.05) is 19.0 Å². The summed E-state index contributed by atoms with van der Waals surface area (Å²) >= 11 is 0. The van der Waals surface area contributed by atoms with Crippen molar-refractivity contribution in [1.82, 2.24) is 10.3 Å². The Labute approximate surface area is 161 Å². The fourth-order valence-corrected chi connectivity index (χ4v) is 3.45. The lowest BCUT2D eigenvalue weighted by Crippen LogP contribution is -2.34. The van der Waals surface area contributed by atoms with Crippen molar-refractivity contribution >= 4 is 11.7 Å². The summed E-state index contributed by atoms with van der Waals surface area (Å²) in [6.45, 7) is 0.785. The molecule has 5 nitrogen and oxygen atoms in total. The van der Waals surface area contributed by atoms with E-state index in [9.17, 15) is 4.79 Å². The van der Waals surface area contributed by atoms with Gasteiger partial charge in [0.1, 0.15) is 11.6 Å². The number of ether oxygens (including phenoxy) is 1. The number of nitrogens with one attached hydrogen (secondary N) is 2. The Bertz CT molecular complexity index is 705. The van der Waals surface area contributed by atoms with Crippen molar-refractivity contribution in [3.8, 4) is 5.75 Å². The number of rotatable bonds is 7. The normalized spacial score (nSPS) is 15.0. The molecule has 0 atom stereocenters. The lowest BCUT2D eigenvalue weighted by atomic mass is 10.1. The number of carbonyl (C=O) groups excluding carboxylic acids is 1. The molecule has 1 aromatic heterocycles. The molecule has 0 bridgehead atoms. The second-order valence-corrected chi connectivity index (χ2v) is 7.12. The van der Waals surface area contributed by atoms with Gasteiger partial charge < -0.3 is 15.4 Å². The minimum atomic E-state index is -0.0146. The largest absolute Gasteiger partial charge is 0.497 e. The Morgan fingerprint density at radius 1 is 1.07 bits per heavy atom. The maximum atomic E-state index is 12.4. The molecule has 0 aliphatic heterocycles. The molecular formula is C22H29N3O2. The van der Waals surface area contributed by atoms with Crippen molar-refractivity contribution in [3.63, 3.8) is 0 Å². The van der Waals surface area contributed by atoms with E-state index >= 15 is 0 Å². The summed E-state index contributed by atoms with van der Waals surface area (Å²) in [5.74, 6) is 1.64. The molecule has 5 heteroatoms. The van der Waals surface area contributed by atoms with Gasteiger partial charge in [0.25, 0.3) is 5.91 Å². The van der Waals surface area contributed by atoms with Crippen LogP contribution in [-0.2, 0) is 6.42 Å². The quantitative estimate of drug-likeness (QED) is 0.720. The average Bonchev–Trinajstić information content (AvgIpc) is 2.98. The third kappa shape index (κ3) is 5.98. The first-order chi connectivity index (χ1) is 13.2. The molecule has 2 aromatic rings. The van der Waals surface area contributed by atoms with Crippen LogP contribution in [0.3, 0.4) is 0 Å². The van der Waals surface area contributed by atoms with Gasteiger partial charge in [0.15, 0.2) is 0 Å². The lowest BCUT2D eigenvalue weighted by molar-refractivity contribution is 0.0933. The van der Waals surface area contributed by atoms with E-state index in [1.807, 2.05) is 24.3 Å². The molecule has 1 fully saturated rings. The second kappa shape index (κ2) is 9.95. The Hall–Kier alpha value is -2.56. The molecule has 2 N–H and O–H groups in total. The molecule has 0 radical (unpaired) electrons. The van der Waals surface area contributed by atoms with Gasteiger partial charge >= 0.3 is 0 Å². The van der Waals surface area contributed by atoms with Gasteiger partial charge in [-0.25, -0.2) is 4.98 Å². The highest BCUT2D eigenvalue weighted by atomic mass is 16.5. The number of anilines is 1. The smallest absolute Gasteiger partial charge is 0.253 e. The van der Waals surface area contributed by atoms with Crippen LogP contribution in [0.4, 0.5) is 5.82 Å². The van der Waals surface area contributed by atoms with Crippen LogP contribution < -0.4 is 15.4 Å². The third-order valence-electron chi connectivity index (χ3n) is 5.09. The maximum absolute atomic E-state index is 12.4. The summed E-state index contributed by atoms with van der Waals surface area (Å²) in [6, 6.07) is 12.1. The minimum Gasteiger partial charge on any atom is -0.497 e. The van der Waals surface area contributed by atoms with Gasteiger partial charge in [0, 0.05) is 18.8 Å². The van der Waals surface area contributed by atoms with E-state index in [4.69, 9.17) is 4.74 Å². The first-order valence-electron chi connectivity index (χ1n) is 9.88. The van der Waals surface area contributed by atoms with Crippen molar-refractivity contribution in [3.05, 3.63) is 53.7 Å². The molecule has 1 saturated carbocycles.